The Morgan fingerprint density at radius 1 is 0.244 bits per heavy atom. The van der Waals surface area contributed by atoms with Gasteiger partial charge in [-0.15, -0.1) is 0 Å². The van der Waals surface area contributed by atoms with E-state index in [1.54, 1.807) is 0 Å². The van der Waals surface area contributed by atoms with Crippen molar-refractivity contribution in [2.75, 3.05) is 13.2 Å². The smallest absolute Gasteiger partial charge is 0.306 e. The number of rotatable bonds is 67. The number of carbonyl (C=O) groups is 3. The van der Waals surface area contributed by atoms with Crippen LogP contribution in [-0.2, 0) is 28.6 Å². The zero-order chi connectivity index (χ0) is 59.2. The summed E-state index contributed by atoms with van der Waals surface area (Å²) in [4.78, 5) is 38.4. The molecule has 0 aliphatic rings. The van der Waals surface area contributed by atoms with Gasteiger partial charge in [-0.25, -0.2) is 0 Å². The lowest BCUT2D eigenvalue weighted by molar-refractivity contribution is -0.167. The summed E-state index contributed by atoms with van der Waals surface area (Å²) in [5.41, 5.74) is 0. The van der Waals surface area contributed by atoms with Crippen LogP contribution < -0.4 is 0 Å². The minimum atomic E-state index is -0.777. The molecular weight excluding hydrogens is 1010 g/mol. The second-order valence-electron chi connectivity index (χ2n) is 24.5. The van der Waals surface area contributed by atoms with Crippen molar-refractivity contribution >= 4 is 17.9 Å². The maximum atomic E-state index is 12.9. The molecule has 6 heteroatoms. The first-order chi connectivity index (χ1) is 40.5. The topological polar surface area (TPSA) is 78.9 Å². The van der Waals surface area contributed by atoms with E-state index in [4.69, 9.17) is 14.2 Å². The van der Waals surface area contributed by atoms with E-state index in [9.17, 15) is 14.4 Å². The lowest BCUT2D eigenvalue weighted by atomic mass is 10.0. The Bertz CT molecular complexity index is 1460. The molecule has 0 aliphatic carbocycles. The Morgan fingerprint density at radius 2 is 0.463 bits per heavy atom. The number of hydrogen-bond acceptors (Lipinski definition) is 6. The normalized spacial score (nSPS) is 12.4. The van der Waals surface area contributed by atoms with Crippen molar-refractivity contribution in [1.82, 2.24) is 0 Å². The van der Waals surface area contributed by atoms with E-state index >= 15 is 0 Å². The first-order valence-electron chi connectivity index (χ1n) is 36.3. The van der Waals surface area contributed by atoms with Gasteiger partial charge in [0.05, 0.1) is 0 Å². The quantitative estimate of drug-likeness (QED) is 0.0261. The zero-order valence-electron chi connectivity index (χ0n) is 55.0. The van der Waals surface area contributed by atoms with Crippen LogP contribution in [0.1, 0.15) is 387 Å². The van der Waals surface area contributed by atoms with Gasteiger partial charge >= 0.3 is 17.9 Å². The summed E-state index contributed by atoms with van der Waals surface area (Å²) in [6.45, 7) is 6.61. The molecule has 0 saturated heterocycles. The van der Waals surface area contributed by atoms with Crippen LogP contribution in [0.25, 0.3) is 0 Å². The number of carbonyl (C=O) groups excluding carboxylic acids is 3. The van der Waals surface area contributed by atoms with Gasteiger partial charge in [-0.3, -0.25) is 14.4 Å². The summed E-state index contributed by atoms with van der Waals surface area (Å²) in [6.07, 6.45) is 91.3. The molecule has 0 bridgehead atoms. The lowest BCUT2D eigenvalue weighted by Gasteiger charge is -2.18. The summed E-state index contributed by atoms with van der Waals surface area (Å²) >= 11 is 0. The van der Waals surface area contributed by atoms with E-state index in [2.05, 4.69) is 81.5 Å². The van der Waals surface area contributed by atoms with Crippen molar-refractivity contribution in [3.63, 3.8) is 0 Å². The molecule has 0 aliphatic heterocycles. The molecule has 0 aromatic heterocycles. The van der Waals surface area contributed by atoms with E-state index in [1.165, 1.54) is 263 Å². The molecule has 0 fully saturated rings. The van der Waals surface area contributed by atoms with Gasteiger partial charge in [-0.1, -0.05) is 326 Å². The van der Waals surface area contributed by atoms with Gasteiger partial charge in [0.2, 0.25) is 0 Å². The average Bonchev–Trinajstić information content (AvgIpc) is 3.47. The Balaban J connectivity index is 4.14. The van der Waals surface area contributed by atoms with Gasteiger partial charge in [0.1, 0.15) is 13.2 Å². The number of hydrogen-bond donors (Lipinski definition) is 0. The van der Waals surface area contributed by atoms with Crippen LogP contribution in [0.4, 0.5) is 0 Å². The summed E-state index contributed by atoms with van der Waals surface area (Å²) in [5, 5.41) is 0. The van der Waals surface area contributed by atoms with Crippen molar-refractivity contribution < 1.29 is 28.6 Å². The molecule has 1 atom stereocenters. The van der Waals surface area contributed by atoms with E-state index in [0.717, 1.165) is 83.5 Å². The van der Waals surface area contributed by atoms with Gasteiger partial charge < -0.3 is 14.2 Å². The van der Waals surface area contributed by atoms with E-state index in [-0.39, 0.29) is 31.1 Å². The van der Waals surface area contributed by atoms with Crippen LogP contribution in [0, 0.1) is 0 Å². The summed E-state index contributed by atoms with van der Waals surface area (Å²) in [6, 6.07) is 0. The average molecular weight is 1150 g/mol. The SMILES string of the molecule is CCC/C=C\CCCCCCCC(=O)OCC(COC(=O)CCCCCCCCCCCCCCCCC/C=C\C/C=C\CCCCCCC)OC(=O)CCCCCCCCCCCCCCCCC/C=C\C/C=C\CCCCCCC. The first kappa shape index (κ1) is 79.1. The summed E-state index contributed by atoms with van der Waals surface area (Å²) in [5.74, 6) is -0.862. The van der Waals surface area contributed by atoms with Crippen molar-refractivity contribution in [1.29, 1.82) is 0 Å². The van der Waals surface area contributed by atoms with Gasteiger partial charge in [0.15, 0.2) is 6.10 Å². The zero-order valence-corrected chi connectivity index (χ0v) is 55.0. The second-order valence-corrected chi connectivity index (χ2v) is 24.5. The number of esters is 3. The number of allylic oxidation sites excluding steroid dienone is 10. The second kappa shape index (κ2) is 70.6. The maximum absolute atomic E-state index is 12.9. The molecule has 0 amide bonds. The maximum Gasteiger partial charge on any atom is 0.306 e. The van der Waals surface area contributed by atoms with Gasteiger partial charge in [0.25, 0.3) is 0 Å². The Kier molecular flexibility index (Phi) is 68.1. The third-order valence-corrected chi connectivity index (χ3v) is 16.2. The third-order valence-electron chi connectivity index (χ3n) is 16.2. The Labute approximate surface area is 510 Å². The minimum Gasteiger partial charge on any atom is -0.462 e. The van der Waals surface area contributed by atoms with Crippen LogP contribution in [0.5, 0.6) is 0 Å². The summed E-state index contributed by atoms with van der Waals surface area (Å²) in [7, 11) is 0. The highest BCUT2D eigenvalue weighted by Gasteiger charge is 2.19. The highest BCUT2D eigenvalue weighted by Crippen LogP contribution is 2.18. The van der Waals surface area contributed by atoms with Crippen LogP contribution >= 0.6 is 0 Å². The molecule has 0 aromatic rings. The standard InChI is InChI=1S/C76H138O6/c1-4-7-10-13-16-19-22-24-26-28-30-32-34-36-38-40-42-44-46-48-50-52-54-57-60-63-66-69-75(78)81-72-73(71-80-74(77)68-65-62-59-56-21-18-15-12-9-6-3)82-76(79)70-67-64-61-58-55-53-51-49-47-45-43-41-39-37-35-33-31-29-27-25-23-20-17-14-11-8-5-2/h12,15,22-25,28-31,73H,4-11,13-14,16-21,26-27,32-72H2,1-3H3/b15-12-,24-22-,25-23-,30-28-,31-29-. The molecule has 0 aromatic carbocycles. The van der Waals surface area contributed by atoms with Crippen molar-refractivity contribution in [3.8, 4) is 0 Å². The number of unbranched alkanes of at least 4 members (excludes halogenated alkanes) is 46. The van der Waals surface area contributed by atoms with E-state index < -0.39 is 6.10 Å². The van der Waals surface area contributed by atoms with Crippen LogP contribution in [-0.4, -0.2) is 37.2 Å². The Morgan fingerprint density at radius 3 is 0.732 bits per heavy atom. The van der Waals surface area contributed by atoms with E-state index in [0.29, 0.717) is 19.3 Å². The molecule has 0 N–H and O–H groups in total. The fourth-order valence-corrected chi connectivity index (χ4v) is 10.7. The Hall–Kier alpha value is -2.89. The highest BCUT2D eigenvalue weighted by molar-refractivity contribution is 5.71. The lowest BCUT2D eigenvalue weighted by Crippen LogP contribution is -2.30. The molecule has 0 spiro atoms. The molecule has 0 saturated carbocycles. The van der Waals surface area contributed by atoms with Crippen LogP contribution in [0.3, 0.4) is 0 Å². The third kappa shape index (κ3) is 67.9. The molecule has 0 heterocycles. The highest BCUT2D eigenvalue weighted by atomic mass is 16.6. The predicted octanol–water partition coefficient (Wildman–Crippen LogP) is 25.1. The predicted molar refractivity (Wildman–Crippen MR) is 358 cm³/mol. The minimum absolute atomic E-state index is 0.0732. The molecule has 1 unspecified atom stereocenters. The van der Waals surface area contributed by atoms with Crippen LogP contribution in [0.2, 0.25) is 0 Å². The monoisotopic (exact) mass is 1150 g/mol. The van der Waals surface area contributed by atoms with E-state index in [1.807, 2.05) is 0 Å². The van der Waals surface area contributed by atoms with Crippen LogP contribution in [0.15, 0.2) is 60.8 Å². The van der Waals surface area contributed by atoms with Gasteiger partial charge in [-0.05, 0) is 103 Å². The van der Waals surface area contributed by atoms with Crippen molar-refractivity contribution in [2.45, 2.75) is 393 Å². The molecule has 82 heavy (non-hydrogen) atoms. The van der Waals surface area contributed by atoms with Crippen molar-refractivity contribution in [3.05, 3.63) is 60.8 Å². The molecular formula is C76H138O6. The molecule has 6 nitrogen and oxygen atoms in total. The number of ether oxygens (including phenoxy) is 3. The first-order valence-corrected chi connectivity index (χ1v) is 36.3. The fourth-order valence-electron chi connectivity index (χ4n) is 10.7. The fraction of sp³-hybridized carbons (Fsp3) is 0.829. The van der Waals surface area contributed by atoms with Crippen molar-refractivity contribution in [2.24, 2.45) is 0 Å². The molecule has 478 valence electrons. The van der Waals surface area contributed by atoms with Gasteiger partial charge in [0, 0.05) is 19.3 Å². The van der Waals surface area contributed by atoms with Gasteiger partial charge in [-0.2, -0.15) is 0 Å². The summed E-state index contributed by atoms with van der Waals surface area (Å²) < 4.78 is 17.0. The largest absolute Gasteiger partial charge is 0.462 e. The molecule has 0 rings (SSSR count). The molecule has 0 radical (unpaired) electrons.